The van der Waals surface area contributed by atoms with E-state index < -0.39 is 4.92 Å². The Morgan fingerprint density at radius 2 is 2.10 bits per heavy atom. The van der Waals surface area contributed by atoms with Crippen molar-refractivity contribution in [2.75, 3.05) is 12.4 Å². The van der Waals surface area contributed by atoms with Crippen molar-refractivity contribution >= 4 is 23.1 Å². The van der Waals surface area contributed by atoms with Gasteiger partial charge in [-0.15, -0.1) is 0 Å². The third-order valence-electron chi connectivity index (χ3n) is 2.61. The van der Waals surface area contributed by atoms with Crippen LogP contribution in [0, 0.1) is 17.0 Å². The molecule has 0 aliphatic rings. The number of benzene rings is 1. The van der Waals surface area contributed by atoms with Crippen molar-refractivity contribution in [3.8, 4) is 11.6 Å². The summed E-state index contributed by atoms with van der Waals surface area (Å²) in [5.41, 5.74) is 0.758. The number of hydrogen-bond donors (Lipinski definition) is 1. The van der Waals surface area contributed by atoms with Gasteiger partial charge in [-0.3, -0.25) is 10.1 Å². The van der Waals surface area contributed by atoms with Gasteiger partial charge in [0.2, 0.25) is 5.88 Å². The Balaban J connectivity index is 2.34. The van der Waals surface area contributed by atoms with Gasteiger partial charge in [0.25, 0.3) is 5.69 Å². The van der Waals surface area contributed by atoms with E-state index in [9.17, 15) is 10.1 Å². The van der Waals surface area contributed by atoms with E-state index in [0.29, 0.717) is 16.6 Å². The zero-order chi connectivity index (χ0) is 14.7. The van der Waals surface area contributed by atoms with Gasteiger partial charge in [0.15, 0.2) is 0 Å². The molecule has 0 aliphatic carbocycles. The maximum Gasteiger partial charge on any atom is 0.278 e. The molecule has 7 heteroatoms. The number of pyridine rings is 1. The van der Waals surface area contributed by atoms with Gasteiger partial charge >= 0.3 is 0 Å². The molecule has 20 heavy (non-hydrogen) atoms. The Morgan fingerprint density at radius 3 is 2.70 bits per heavy atom. The van der Waals surface area contributed by atoms with Crippen molar-refractivity contribution in [3.63, 3.8) is 0 Å². The van der Waals surface area contributed by atoms with Crippen LogP contribution in [0.1, 0.15) is 5.56 Å². The van der Waals surface area contributed by atoms with E-state index >= 15 is 0 Å². The van der Waals surface area contributed by atoms with E-state index in [4.69, 9.17) is 16.3 Å². The van der Waals surface area contributed by atoms with Crippen LogP contribution >= 0.6 is 11.6 Å². The summed E-state index contributed by atoms with van der Waals surface area (Å²) >= 11 is 5.93. The first-order valence-corrected chi connectivity index (χ1v) is 6.15. The summed E-state index contributed by atoms with van der Waals surface area (Å²) in [6, 6.07) is 7.71. The Bertz CT molecular complexity index is 661. The van der Waals surface area contributed by atoms with E-state index in [1.165, 1.54) is 12.1 Å². The molecule has 1 heterocycles. The van der Waals surface area contributed by atoms with Crippen molar-refractivity contribution in [3.05, 3.63) is 51.0 Å². The number of nitrogens with zero attached hydrogens (tertiary/aromatic N) is 2. The minimum atomic E-state index is -0.498. The first kappa shape index (κ1) is 14.1. The Morgan fingerprint density at radius 1 is 1.35 bits per heavy atom. The Hall–Kier alpha value is -2.34. The van der Waals surface area contributed by atoms with E-state index in [0.717, 1.165) is 5.56 Å². The number of rotatable bonds is 4. The average molecular weight is 294 g/mol. The standard InChI is InChI=1S/C13H12ClN3O3/c1-8-5-10(3-4-11(8)14)20-13-7-9(17(18)19)6-12(15-2)16-13/h3-7H,1-2H3,(H,15,16). The number of halogens is 1. The molecule has 0 radical (unpaired) electrons. The van der Waals surface area contributed by atoms with Crippen molar-refractivity contribution in [1.82, 2.24) is 4.98 Å². The summed E-state index contributed by atoms with van der Waals surface area (Å²) in [6.45, 7) is 1.84. The van der Waals surface area contributed by atoms with Crippen LogP contribution in [0.25, 0.3) is 0 Å². The van der Waals surface area contributed by atoms with Gasteiger partial charge in [-0.1, -0.05) is 11.6 Å². The summed E-state index contributed by atoms with van der Waals surface area (Å²) in [5, 5.41) is 14.2. The van der Waals surface area contributed by atoms with Crippen LogP contribution in [-0.4, -0.2) is 17.0 Å². The zero-order valence-corrected chi connectivity index (χ0v) is 11.6. The van der Waals surface area contributed by atoms with Gasteiger partial charge in [0.1, 0.15) is 11.6 Å². The molecule has 0 spiro atoms. The Kier molecular flexibility index (Phi) is 4.05. The predicted octanol–water partition coefficient (Wildman–Crippen LogP) is 3.79. The number of ether oxygens (including phenoxy) is 1. The molecule has 6 nitrogen and oxygen atoms in total. The topological polar surface area (TPSA) is 77.3 Å². The quantitative estimate of drug-likeness (QED) is 0.685. The molecule has 0 amide bonds. The van der Waals surface area contributed by atoms with Crippen LogP contribution in [-0.2, 0) is 0 Å². The highest BCUT2D eigenvalue weighted by atomic mass is 35.5. The number of anilines is 1. The molecule has 0 bridgehead atoms. The summed E-state index contributed by atoms with van der Waals surface area (Å²) in [4.78, 5) is 14.5. The fourth-order valence-corrected chi connectivity index (χ4v) is 1.70. The average Bonchev–Trinajstić information content (AvgIpc) is 2.42. The highest BCUT2D eigenvalue weighted by Gasteiger charge is 2.12. The number of aryl methyl sites for hydroxylation is 1. The zero-order valence-electron chi connectivity index (χ0n) is 10.9. The lowest BCUT2D eigenvalue weighted by molar-refractivity contribution is -0.384. The molecule has 104 valence electrons. The van der Waals surface area contributed by atoms with Gasteiger partial charge < -0.3 is 10.1 Å². The molecule has 0 unspecified atom stereocenters. The summed E-state index contributed by atoms with van der Waals surface area (Å²) in [5.74, 6) is 1.02. The van der Waals surface area contributed by atoms with Crippen molar-refractivity contribution in [2.45, 2.75) is 6.92 Å². The molecule has 1 N–H and O–H groups in total. The first-order chi connectivity index (χ1) is 9.49. The number of aromatic nitrogens is 1. The smallest absolute Gasteiger partial charge is 0.278 e. The molecule has 0 atom stereocenters. The lowest BCUT2D eigenvalue weighted by atomic mass is 10.2. The van der Waals surface area contributed by atoms with Gasteiger partial charge in [-0.05, 0) is 30.7 Å². The molecule has 0 aliphatic heterocycles. The minimum Gasteiger partial charge on any atom is -0.439 e. The normalized spacial score (nSPS) is 10.2. The molecular weight excluding hydrogens is 282 g/mol. The predicted molar refractivity (Wildman–Crippen MR) is 76.7 cm³/mol. The lowest BCUT2D eigenvalue weighted by Gasteiger charge is -2.08. The molecule has 2 rings (SSSR count). The molecule has 2 aromatic rings. The Labute approximate surface area is 120 Å². The van der Waals surface area contributed by atoms with E-state index in [-0.39, 0.29) is 11.6 Å². The maximum atomic E-state index is 10.8. The maximum absolute atomic E-state index is 10.8. The lowest BCUT2D eigenvalue weighted by Crippen LogP contribution is -1.98. The fraction of sp³-hybridized carbons (Fsp3) is 0.154. The van der Waals surface area contributed by atoms with Gasteiger partial charge in [-0.25, -0.2) is 0 Å². The van der Waals surface area contributed by atoms with E-state index in [1.54, 1.807) is 25.2 Å². The first-order valence-electron chi connectivity index (χ1n) is 5.78. The number of nitro groups is 1. The summed E-state index contributed by atoms with van der Waals surface area (Å²) in [6.07, 6.45) is 0. The van der Waals surface area contributed by atoms with E-state index in [1.807, 2.05) is 6.92 Å². The second-order valence-corrected chi connectivity index (χ2v) is 4.48. The third kappa shape index (κ3) is 3.16. The molecule has 0 fully saturated rings. The third-order valence-corrected chi connectivity index (χ3v) is 3.03. The summed E-state index contributed by atoms with van der Waals surface area (Å²) in [7, 11) is 1.63. The summed E-state index contributed by atoms with van der Waals surface area (Å²) < 4.78 is 5.53. The minimum absolute atomic E-state index is 0.0926. The van der Waals surface area contributed by atoms with Crippen molar-refractivity contribution in [2.24, 2.45) is 0 Å². The molecule has 1 aromatic carbocycles. The van der Waals surface area contributed by atoms with Crippen LogP contribution in [0.15, 0.2) is 30.3 Å². The molecule has 0 saturated heterocycles. The monoisotopic (exact) mass is 293 g/mol. The fourth-order valence-electron chi connectivity index (χ4n) is 1.58. The van der Waals surface area contributed by atoms with Crippen LogP contribution in [0.5, 0.6) is 11.6 Å². The molecule has 1 aromatic heterocycles. The largest absolute Gasteiger partial charge is 0.439 e. The van der Waals surface area contributed by atoms with Gasteiger partial charge in [0, 0.05) is 12.1 Å². The molecule has 0 saturated carbocycles. The van der Waals surface area contributed by atoms with Crippen LogP contribution in [0.3, 0.4) is 0 Å². The highest BCUT2D eigenvalue weighted by Crippen LogP contribution is 2.28. The van der Waals surface area contributed by atoms with Crippen molar-refractivity contribution in [1.29, 1.82) is 0 Å². The highest BCUT2D eigenvalue weighted by molar-refractivity contribution is 6.31. The number of nitrogens with one attached hydrogen (secondary N) is 1. The van der Waals surface area contributed by atoms with E-state index in [2.05, 4.69) is 10.3 Å². The van der Waals surface area contributed by atoms with Gasteiger partial charge in [-0.2, -0.15) is 4.98 Å². The SMILES string of the molecule is CNc1cc([N+](=O)[O-])cc(Oc2ccc(Cl)c(C)c2)n1. The molecular formula is C13H12ClN3O3. The van der Waals surface area contributed by atoms with Crippen LogP contribution in [0.4, 0.5) is 11.5 Å². The second-order valence-electron chi connectivity index (χ2n) is 4.07. The second kappa shape index (κ2) is 5.75. The van der Waals surface area contributed by atoms with Crippen LogP contribution < -0.4 is 10.1 Å². The van der Waals surface area contributed by atoms with Crippen molar-refractivity contribution < 1.29 is 9.66 Å². The van der Waals surface area contributed by atoms with Gasteiger partial charge in [0.05, 0.1) is 17.1 Å². The van der Waals surface area contributed by atoms with Crippen LogP contribution in [0.2, 0.25) is 5.02 Å². The number of hydrogen-bond acceptors (Lipinski definition) is 5.